The summed E-state index contributed by atoms with van der Waals surface area (Å²) in [6.45, 7) is 4.83. The maximum absolute atomic E-state index is 12.7. The van der Waals surface area contributed by atoms with Crippen LogP contribution in [0.2, 0.25) is 0 Å². The van der Waals surface area contributed by atoms with Crippen LogP contribution in [0.3, 0.4) is 0 Å². The van der Waals surface area contributed by atoms with Gasteiger partial charge in [0.1, 0.15) is 5.75 Å². The van der Waals surface area contributed by atoms with Crippen LogP contribution < -0.4 is 4.74 Å². The molecule has 1 heterocycles. The molecule has 0 atom stereocenters. The first kappa shape index (κ1) is 14.7. The first-order valence-electron chi connectivity index (χ1n) is 6.20. The van der Waals surface area contributed by atoms with Crippen molar-refractivity contribution in [1.82, 2.24) is 4.31 Å². The number of rotatable bonds is 3. The van der Waals surface area contributed by atoms with Crippen LogP contribution in [-0.4, -0.2) is 44.4 Å². The number of hydrogen-bond donors (Lipinski definition) is 0. The SMILES string of the molecule is COc1cc(C)c(S(=O)(=O)N2CCSCC2)c(C)c1. The Hall–Kier alpha value is -0.720. The van der Waals surface area contributed by atoms with Crippen LogP contribution in [-0.2, 0) is 10.0 Å². The molecule has 0 amide bonds. The maximum atomic E-state index is 12.7. The molecule has 1 aliphatic heterocycles. The van der Waals surface area contributed by atoms with Gasteiger partial charge in [-0.3, -0.25) is 0 Å². The minimum absolute atomic E-state index is 0.431. The molecule has 2 rings (SSSR count). The highest BCUT2D eigenvalue weighted by Gasteiger charge is 2.29. The summed E-state index contributed by atoms with van der Waals surface area (Å²) in [7, 11) is -1.80. The van der Waals surface area contributed by atoms with E-state index >= 15 is 0 Å². The summed E-state index contributed by atoms with van der Waals surface area (Å²) >= 11 is 1.80. The highest BCUT2D eigenvalue weighted by atomic mass is 32.2. The second-order valence-corrected chi connectivity index (χ2v) is 7.71. The van der Waals surface area contributed by atoms with Gasteiger partial charge in [0.25, 0.3) is 0 Å². The Labute approximate surface area is 119 Å². The Balaban J connectivity index is 2.45. The van der Waals surface area contributed by atoms with E-state index in [4.69, 9.17) is 4.74 Å². The van der Waals surface area contributed by atoms with Crippen molar-refractivity contribution in [3.05, 3.63) is 23.3 Å². The van der Waals surface area contributed by atoms with E-state index in [9.17, 15) is 8.42 Å². The van der Waals surface area contributed by atoms with E-state index in [0.29, 0.717) is 23.7 Å². The molecule has 0 unspecified atom stereocenters. The Morgan fingerprint density at radius 3 is 2.16 bits per heavy atom. The zero-order chi connectivity index (χ0) is 14.0. The van der Waals surface area contributed by atoms with Gasteiger partial charge in [0.2, 0.25) is 10.0 Å². The summed E-state index contributed by atoms with van der Waals surface area (Å²) in [5.41, 5.74) is 1.49. The minimum atomic E-state index is -3.38. The van der Waals surface area contributed by atoms with Crippen LogP contribution >= 0.6 is 11.8 Å². The average molecular weight is 301 g/mol. The van der Waals surface area contributed by atoms with Crippen molar-refractivity contribution < 1.29 is 13.2 Å². The highest BCUT2D eigenvalue weighted by Crippen LogP contribution is 2.29. The number of nitrogens with zero attached hydrogens (tertiary/aromatic N) is 1. The number of aryl methyl sites for hydroxylation is 2. The fourth-order valence-electron chi connectivity index (χ4n) is 2.35. The predicted octanol–water partition coefficient (Wildman–Crippen LogP) is 2.05. The monoisotopic (exact) mass is 301 g/mol. The maximum Gasteiger partial charge on any atom is 0.243 e. The molecule has 0 aromatic heterocycles. The quantitative estimate of drug-likeness (QED) is 0.857. The average Bonchev–Trinajstić information content (AvgIpc) is 2.38. The zero-order valence-corrected chi connectivity index (χ0v) is 13.1. The first-order valence-corrected chi connectivity index (χ1v) is 8.79. The molecule has 19 heavy (non-hydrogen) atoms. The van der Waals surface area contributed by atoms with Crippen LogP contribution in [0.15, 0.2) is 17.0 Å². The second-order valence-electron chi connectivity index (χ2n) is 4.61. The van der Waals surface area contributed by atoms with Gasteiger partial charge in [-0.25, -0.2) is 8.42 Å². The number of thioether (sulfide) groups is 1. The first-order chi connectivity index (χ1) is 8.96. The topological polar surface area (TPSA) is 46.6 Å². The van der Waals surface area contributed by atoms with Crippen molar-refractivity contribution in [2.24, 2.45) is 0 Å². The number of ether oxygens (including phenoxy) is 1. The zero-order valence-electron chi connectivity index (χ0n) is 11.5. The molecule has 0 spiro atoms. The van der Waals surface area contributed by atoms with Crippen molar-refractivity contribution in [2.75, 3.05) is 31.7 Å². The van der Waals surface area contributed by atoms with Crippen LogP contribution in [0.4, 0.5) is 0 Å². The van der Waals surface area contributed by atoms with Crippen LogP contribution in [0.25, 0.3) is 0 Å². The predicted molar refractivity (Wildman–Crippen MR) is 78.6 cm³/mol. The molecule has 0 radical (unpaired) electrons. The summed E-state index contributed by atoms with van der Waals surface area (Å²) in [5, 5.41) is 0. The molecule has 4 nitrogen and oxygen atoms in total. The fourth-order valence-corrected chi connectivity index (χ4v) is 5.34. The standard InChI is InChI=1S/C13H19NO3S2/c1-10-8-12(17-3)9-11(2)13(10)19(15,16)14-4-6-18-7-5-14/h8-9H,4-7H2,1-3H3. The van der Waals surface area contributed by atoms with Gasteiger partial charge < -0.3 is 4.74 Å². The molecule has 106 valence electrons. The van der Waals surface area contributed by atoms with Crippen LogP contribution in [0.1, 0.15) is 11.1 Å². The molecular formula is C13H19NO3S2. The molecule has 1 aliphatic rings. The van der Waals surface area contributed by atoms with Gasteiger partial charge in [-0.2, -0.15) is 16.1 Å². The smallest absolute Gasteiger partial charge is 0.243 e. The normalized spacial score (nSPS) is 17.4. The van der Waals surface area contributed by atoms with Crippen molar-refractivity contribution >= 4 is 21.8 Å². The Morgan fingerprint density at radius 1 is 1.16 bits per heavy atom. The van der Waals surface area contributed by atoms with Gasteiger partial charge in [0, 0.05) is 24.6 Å². The molecule has 0 bridgehead atoms. The Morgan fingerprint density at radius 2 is 1.68 bits per heavy atom. The number of hydrogen-bond acceptors (Lipinski definition) is 4. The second kappa shape index (κ2) is 5.73. The van der Waals surface area contributed by atoms with E-state index in [1.165, 1.54) is 0 Å². The minimum Gasteiger partial charge on any atom is -0.497 e. The molecule has 1 saturated heterocycles. The van der Waals surface area contributed by atoms with E-state index in [1.54, 1.807) is 35.3 Å². The van der Waals surface area contributed by atoms with E-state index in [2.05, 4.69) is 0 Å². The van der Waals surface area contributed by atoms with Gasteiger partial charge in [-0.05, 0) is 37.1 Å². The molecule has 0 aliphatic carbocycles. The number of methoxy groups -OCH3 is 1. The van der Waals surface area contributed by atoms with Crippen molar-refractivity contribution in [3.8, 4) is 5.75 Å². The van der Waals surface area contributed by atoms with Gasteiger partial charge in [-0.15, -0.1) is 0 Å². The Kier molecular flexibility index (Phi) is 4.43. The van der Waals surface area contributed by atoms with Crippen LogP contribution in [0.5, 0.6) is 5.75 Å². The lowest BCUT2D eigenvalue weighted by Gasteiger charge is -2.27. The lowest BCUT2D eigenvalue weighted by atomic mass is 10.1. The highest BCUT2D eigenvalue weighted by molar-refractivity contribution is 7.99. The number of benzene rings is 1. The summed E-state index contributed by atoms with van der Waals surface area (Å²) in [6, 6.07) is 3.55. The molecule has 0 saturated carbocycles. The summed E-state index contributed by atoms with van der Waals surface area (Å²) in [6.07, 6.45) is 0. The lowest BCUT2D eigenvalue weighted by molar-refractivity contribution is 0.413. The van der Waals surface area contributed by atoms with E-state index in [-0.39, 0.29) is 0 Å². The largest absolute Gasteiger partial charge is 0.497 e. The van der Waals surface area contributed by atoms with E-state index < -0.39 is 10.0 Å². The molecule has 0 N–H and O–H groups in total. The third kappa shape index (κ3) is 2.90. The molecule has 1 fully saturated rings. The van der Waals surface area contributed by atoms with E-state index in [0.717, 1.165) is 22.6 Å². The third-order valence-corrected chi connectivity index (χ3v) is 6.38. The van der Waals surface area contributed by atoms with Crippen molar-refractivity contribution in [1.29, 1.82) is 0 Å². The van der Waals surface area contributed by atoms with Gasteiger partial charge in [0.05, 0.1) is 12.0 Å². The fraction of sp³-hybridized carbons (Fsp3) is 0.538. The summed E-state index contributed by atoms with van der Waals surface area (Å²) in [4.78, 5) is 0.431. The molecular weight excluding hydrogens is 282 g/mol. The molecule has 6 heteroatoms. The van der Waals surface area contributed by atoms with Crippen molar-refractivity contribution in [3.63, 3.8) is 0 Å². The molecule has 1 aromatic rings. The van der Waals surface area contributed by atoms with Gasteiger partial charge in [0.15, 0.2) is 0 Å². The van der Waals surface area contributed by atoms with Crippen LogP contribution in [0, 0.1) is 13.8 Å². The van der Waals surface area contributed by atoms with E-state index in [1.807, 2.05) is 13.8 Å². The van der Waals surface area contributed by atoms with Crippen molar-refractivity contribution in [2.45, 2.75) is 18.7 Å². The van der Waals surface area contributed by atoms with Gasteiger partial charge >= 0.3 is 0 Å². The number of sulfonamides is 1. The van der Waals surface area contributed by atoms with Gasteiger partial charge in [-0.1, -0.05) is 0 Å². The summed E-state index contributed by atoms with van der Waals surface area (Å²) < 4.78 is 32.2. The summed E-state index contributed by atoms with van der Waals surface area (Å²) in [5.74, 6) is 2.43. The Bertz CT molecular complexity index is 540. The third-order valence-electron chi connectivity index (χ3n) is 3.24. The molecule has 1 aromatic carbocycles. The lowest BCUT2D eigenvalue weighted by Crippen LogP contribution is -2.38.